The minimum atomic E-state index is -4.88. The number of hydrogen-bond acceptors (Lipinski definition) is 3. The first-order chi connectivity index (χ1) is 12.2. The summed E-state index contributed by atoms with van der Waals surface area (Å²) in [6, 6.07) is 2.58. The van der Waals surface area contributed by atoms with Crippen LogP contribution >= 0.6 is 0 Å². The van der Waals surface area contributed by atoms with Gasteiger partial charge in [-0.1, -0.05) is 6.07 Å². The molecule has 0 saturated heterocycles. The standard InChI is InChI=1S/C17H13F4N3O2/c1-24-15-14(16(26)23-24)12(13-10(22-15)4-5-11(13)25)7-2-3-9(18)8(6-7)17(19,20)21/h2-3,6,12,22H,4-5H2,1H3,(H,23,26). The number of ketones is 1. The SMILES string of the molecule is Cn1[nH]c(=O)c2c1NC1=C(C(=O)CC1)C2c1ccc(F)c(C(F)(F)F)c1. The van der Waals surface area contributed by atoms with E-state index in [4.69, 9.17) is 0 Å². The Labute approximate surface area is 144 Å². The van der Waals surface area contributed by atoms with Gasteiger partial charge in [0.15, 0.2) is 5.78 Å². The van der Waals surface area contributed by atoms with Crippen LogP contribution in [0.3, 0.4) is 0 Å². The molecule has 0 fully saturated rings. The van der Waals surface area contributed by atoms with E-state index >= 15 is 0 Å². The summed E-state index contributed by atoms with van der Waals surface area (Å²) in [5, 5.41) is 5.57. The third-order valence-electron chi connectivity index (χ3n) is 4.81. The largest absolute Gasteiger partial charge is 0.419 e. The third-order valence-corrected chi connectivity index (χ3v) is 4.81. The van der Waals surface area contributed by atoms with Crippen LogP contribution in [0.15, 0.2) is 34.3 Å². The maximum absolute atomic E-state index is 13.7. The molecule has 0 saturated carbocycles. The van der Waals surface area contributed by atoms with E-state index in [1.165, 1.54) is 10.7 Å². The van der Waals surface area contributed by atoms with Gasteiger partial charge in [0.25, 0.3) is 5.56 Å². The topological polar surface area (TPSA) is 66.9 Å². The van der Waals surface area contributed by atoms with E-state index in [-0.39, 0.29) is 28.9 Å². The maximum atomic E-state index is 13.7. The number of H-pyrrole nitrogens is 1. The van der Waals surface area contributed by atoms with Crippen molar-refractivity contribution in [1.82, 2.24) is 9.78 Å². The molecule has 1 aliphatic heterocycles. The lowest BCUT2D eigenvalue weighted by atomic mass is 9.82. The summed E-state index contributed by atoms with van der Waals surface area (Å²) in [4.78, 5) is 24.7. The van der Waals surface area contributed by atoms with Gasteiger partial charge in [-0.25, -0.2) is 4.39 Å². The van der Waals surface area contributed by atoms with E-state index in [9.17, 15) is 27.2 Å². The summed E-state index contributed by atoms with van der Waals surface area (Å²) in [6.07, 6.45) is -4.25. The van der Waals surface area contributed by atoms with Crippen molar-refractivity contribution in [2.45, 2.75) is 24.9 Å². The number of rotatable bonds is 1. The summed E-state index contributed by atoms with van der Waals surface area (Å²) < 4.78 is 54.4. The van der Waals surface area contributed by atoms with Gasteiger partial charge in [-0.3, -0.25) is 19.4 Å². The third kappa shape index (κ3) is 2.30. The number of nitrogens with zero attached hydrogens (tertiary/aromatic N) is 1. The number of carbonyl (C=O) groups is 1. The molecule has 26 heavy (non-hydrogen) atoms. The van der Waals surface area contributed by atoms with Gasteiger partial charge in [0, 0.05) is 30.7 Å². The molecule has 0 bridgehead atoms. The first kappa shape index (κ1) is 16.6. The number of carbonyl (C=O) groups excluding carboxylic acids is 1. The number of allylic oxidation sites excluding steroid dienone is 2. The van der Waals surface area contributed by atoms with Gasteiger partial charge in [0.1, 0.15) is 11.6 Å². The number of nitrogens with one attached hydrogen (secondary N) is 2. The minimum Gasteiger partial charge on any atom is -0.343 e. The van der Waals surface area contributed by atoms with Crippen LogP contribution < -0.4 is 10.9 Å². The van der Waals surface area contributed by atoms with Crippen LogP contribution in [0, 0.1) is 5.82 Å². The molecule has 1 unspecified atom stereocenters. The van der Waals surface area contributed by atoms with Crippen molar-refractivity contribution in [1.29, 1.82) is 0 Å². The highest BCUT2D eigenvalue weighted by Crippen LogP contribution is 2.45. The molecular formula is C17H13F4N3O2. The first-order valence-corrected chi connectivity index (χ1v) is 7.87. The monoisotopic (exact) mass is 367 g/mol. The number of aromatic amines is 1. The molecule has 1 aliphatic carbocycles. The lowest BCUT2D eigenvalue weighted by Crippen LogP contribution is -2.24. The van der Waals surface area contributed by atoms with Crippen LogP contribution in [0.1, 0.15) is 35.4 Å². The summed E-state index contributed by atoms with van der Waals surface area (Å²) in [6.45, 7) is 0. The van der Waals surface area contributed by atoms with Crippen LogP contribution in [-0.2, 0) is 18.0 Å². The van der Waals surface area contributed by atoms with Crippen molar-refractivity contribution in [3.05, 3.63) is 62.3 Å². The highest BCUT2D eigenvalue weighted by Gasteiger charge is 2.41. The lowest BCUT2D eigenvalue weighted by molar-refractivity contribution is -0.140. The van der Waals surface area contributed by atoms with Gasteiger partial charge in [-0.05, 0) is 24.1 Å². The van der Waals surface area contributed by atoms with Crippen molar-refractivity contribution >= 4 is 11.6 Å². The summed E-state index contributed by atoms with van der Waals surface area (Å²) in [5.74, 6) is -2.21. The highest BCUT2D eigenvalue weighted by molar-refractivity contribution is 6.02. The average molecular weight is 367 g/mol. The van der Waals surface area contributed by atoms with Crippen LogP contribution in [0.5, 0.6) is 0 Å². The fourth-order valence-electron chi connectivity index (χ4n) is 3.68. The molecular weight excluding hydrogens is 354 g/mol. The fourth-order valence-corrected chi connectivity index (χ4v) is 3.68. The van der Waals surface area contributed by atoms with Gasteiger partial charge in [-0.15, -0.1) is 0 Å². The number of hydrogen-bond donors (Lipinski definition) is 2. The second-order valence-electron chi connectivity index (χ2n) is 6.37. The smallest absolute Gasteiger partial charge is 0.343 e. The van der Waals surface area contributed by atoms with Crippen molar-refractivity contribution in [2.24, 2.45) is 7.05 Å². The number of Topliss-reactive ketones (excluding diaryl/α,β-unsaturated/α-hetero) is 1. The van der Waals surface area contributed by atoms with E-state index in [0.717, 1.165) is 6.07 Å². The van der Waals surface area contributed by atoms with Gasteiger partial charge in [0.05, 0.1) is 11.1 Å². The number of fused-ring (bicyclic) bond motifs is 1. The first-order valence-electron chi connectivity index (χ1n) is 7.87. The molecule has 2 aliphatic rings. The molecule has 136 valence electrons. The number of halogens is 4. The Morgan fingerprint density at radius 2 is 1.92 bits per heavy atom. The Bertz CT molecular complexity index is 1030. The Balaban J connectivity index is 1.98. The van der Waals surface area contributed by atoms with Gasteiger partial charge in [-0.2, -0.15) is 13.2 Å². The van der Waals surface area contributed by atoms with E-state index in [0.29, 0.717) is 24.0 Å². The molecule has 1 aromatic heterocycles. The van der Waals surface area contributed by atoms with Crippen LogP contribution in [-0.4, -0.2) is 15.6 Å². The van der Waals surface area contributed by atoms with Gasteiger partial charge in [0.2, 0.25) is 0 Å². The normalized spacial score (nSPS) is 19.4. The molecule has 4 rings (SSSR count). The summed E-state index contributed by atoms with van der Waals surface area (Å²) >= 11 is 0. The highest BCUT2D eigenvalue weighted by atomic mass is 19.4. The van der Waals surface area contributed by atoms with Gasteiger partial charge < -0.3 is 5.32 Å². The minimum absolute atomic E-state index is 0.0564. The van der Waals surface area contributed by atoms with E-state index < -0.39 is 29.0 Å². The molecule has 0 radical (unpaired) electrons. The summed E-state index contributed by atoms with van der Waals surface area (Å²) in [5.41, 5.74) is -0.866. The molecule has 5 nitrogen and oxygen atoms in total. The molecule has 2 aromatic rings. The predicted octanol–water partition coefficient (Wildman–Crippen LogP) is 3.05. The lowest BCUT2D eigenvalue weighted by Gasteiger charge is -2.26. The predicted molar refractivity (Wildman–Crippen MR) is 84.2 cm³/mol. The number of aryl methyl sites for hydroxylation is 1. The second kappa shape index (κ2) is 5.33. The van der Waals surface area contributed by atoms with Crippen LogP contribution in [0.4, 0.5) is 23.4 Å². The number of anilines is 1. The second-order valence-corrected chi connectivity index (χ2v) is 6.37. The van der Waals surface area contributed by atoms with E-state index in [1.807, 2.05) is 0 Å². The van der Waals surface area contributed by atoms with Crippen LogP contribution in [0.25, 0.3) is 0 Å². The Hall–Kier alpha value is -2.84. The molecule has 2 N–H and O–H groups in total. The maximum Gasteiger partial charge on any atom is 0.419 e. The van der Waals surface area contributed by atoms with Crippen molar-refractivity contribution in [3.8, 4) is 0 Å². The van der Waals surface area contributed by atoms with E-state index in [1.54, 1.807) is 7.05 Å². The molecule has 0 spiro atoms. The number of alkyl halides is 3. The fraction of sp³-hybridized carbons (Fsp3) is 0.294. The summed E-state index contributed by atoms with van der Waals surface area (Å²) in [7, 11) is 1.58. The molecule has 2 heterocycles. The zero-order chi connectivity index (χ0) is 18.8. The Morgan fingerprint density at radius 3 is 2.62 bits per heavy atom. The Kier molecular flexibility index (Phi) is 3.40. The molecule has 0 amide bonds. The number of benzene rings is 1. The quantitative estimate of drug-likeness (QED) is 0.762. The van der Waals surface area contributed by atoms with Crippen molar-refractivity contribution < 1.29 is 22.4 Å². The van der Waals surface area contributed by atoms with E-state index in [2.05, 4.69) is 10.4 Å². The van der Waals surface area contributed by atoms with Crippen LogP contribution in [0.2, 0.25) is 0 Å². The molecule has 9 heteroatoms. The Morgan fingerprint density at radius 1 is 1.19 bits per heavy atom. The molecule has 1 aromatic carbocycles. The average Bonchev–Trinajstić information content (AvgIpc) is 3.06. The number of aromatic nitrogens is 2. The van der Waals surface area contributed by atoms with Crippen molar-refractivity contribution in [3.63, 3.8) is 0 Å². The van der Waals surface area contributed by atoms with Crippen molar-refractivity contribution in [2.75, 3.05) is 5.32 Å². The zero-order valence-corrected chi connectivity index (χ0v) is 13.5. The molecule has 1 atom stereocenters. The zero-order valence-electron chi connectivity index (χ0n) is 13.5. The van der Waals surface area contributed by atoms with Gasteiger partial charge >= 0.3 is 6.18 Å².